The highest BCUT2D eigenvalue weighted by Crippen LogP contribution is 2.35. The smallest absolute Gasteiger partial charge is 0.308 e. The van der Waals surface area contributed by atoms with Gasteiger partial charge in [0.05, 0.1) is 25.2 Å². The Labute approximate surface area is 171 Å². The van der Waals surface area contributed by atoms with Crippen molar-refractivity contribution in [1.82, 2.24) is 4.90 Å². The van der Waals surface area contributed by atoms with Gasteiger partial charge in [0, 0.05) is 25.1 Å². The standard InChI is InChI=1S/C23H27NO5/c1-15(2)14-29-21-11-17(28-3)9-10-18(21)22(25)24-12-19(20(13-24)23(26)27)16-7-5-4-6-8-16/h4-11,15,19-20H,12-14H2,1-3H3,(H,26,27). The maximum Gasteiger partial charge on any atom is 0.308 e. The minimum atomic E-state index is -0.889. The summed E-state index contributed by atoms with van der Waals surface area (Å²) < 4.78 is 11.1. The number of hydrogen-bond donors (Lipinski definition) is 1. The number of carbonyl (C=O) groups excluding carboxylic acids is 1. The Balaban J connectivity index is 1.87. The molecule has 2 aromatic carbocycles. The van der Waals surface area contributed by atoms with Crippen molar-refractivity contribution in [1.29, 1.82) is 0 Å². The van der Waals surface area contributed by atoms with E-state index < -0.39 is 11.9 Å². The normalized spacial score (nSPS) is 18.7. The molecule has 6 nitrogen and oxygen atoms in total. The van der Waals surface area contributed by atoms with Crippen LogP contribution in [-0.2, 0) is 4.79 Å². The Kier molecular flexibility index (Phi) is 6.42. The average Bonchev–Trinajstić information content (AvgIpc) is 3.18. The molecule has 1 amide bonds. The lowest BCUT2D eigenvalue weighted by molar-refractivity contribution is -0.141. The van der Waals surface area contributed by atoms with Gasteiger partial charge in [-0.2, -0.15) is 0 Å². The summed E-state index contributed by atoms with van der Waals surface area (Å²) in [6, 6.07) is 14.6. The van der Waals surface area contributed by atoms with E-state index >= 15 is 0 Å². The van der Waals surface area contributed by atoms with Gasteiger partial charge >= 0.3 is 5.97 Å². The first-order valence-electron chi connectivity index (χ1n) is 9.78. The molecule has 0 spiro atoms. The molecule has 1 heterocycles. The monoisotopic (exact) mass is 397 g/mol. The van der Waals surface area contributed by atoms with Gasteiger partial charge in [-0.15, -0.1) is 0 Å². The van der Waals surface area contributed by atoms with Crippen LogP contribution >= 0.6 is 0 Å². The number of ether oxygens (including phenoxy) is 2. The van der Waals surface area contributed by atoms with Crippen LogP contribution in [0.15, 0.2) is 48.5 Å². The SMILES string of the molecule is COc1ccc(C(=O)N2CC(C(=O)O)C(c3ccccc3)C2)c(OCC(C)C)c1. The van der Waals surface area contributed by atoms with E-state index in [1.807, 2.05) is 44.2 Å². The van der Waals surface area contributed by atoms with Crippen LogP contribution < -0.4 is 9.47 Å². The van der Waals surface area contributed by atoms with Gasteiger partial charge in [-0.1, -0.05) is 44.2 Å². The van der Waals surface area contributed by atoms with Crippen LogP contribution in [0.25, 0.3) is 0 Å². The van der Waals surface area contributed by atoms with E-state index in [1.165, 1.54) is 0 Å². The quantitative estimate of drug-likeness (QED) is 0.771. The van der Waals surface area contributed by atoms with Crippen molar-refractivity contribution in [2.24, 2.45) is 11.8 Å². The van der Waals surface area contributed by atoms with Gasteiger partial charge in [-0.3, -0.25) is 9.59 Å². The number of methoxy groups -OCH3 is 1. The van der Waals surface area contributed by atoms with Gasteiger partial charge in [0.1, 0.15) is 11.5 Å². The van der Waals surface area contributed by atoms with Crippen LogP contribution in [0.2, 0.25) is 0 Å². The maximum absolute atomic E-state index is 13.3. The number of aliphatic carboxylic acids is 1. The third kappa shape index (κ3) is 4.70. The summed E-state index contributed by atoms with van der Waals surface area (Å²) in [5, 5.41) is 9.70. The summed E-state index contributed by atoms with van der Waals surface area (Å²) in [5.41, 5.74) is 1.35. The lowest BCUT2D eigenvalue weighted by Gasteiger charge is -2.20. The summed E-state index contributed by atoms with van der Waals surface area (Å²) in [6.07, 6.45) is 0. The number of rotatable bonds is 7. The van der Waals surface area contributed by atoms with Crippen molar-refractivity contribution in [3.8, 4) is 11.5 Å². The Hall–Kier alpha value is -3.02. The second kappa shape index (κ2) is 8.99. The molecule has 2 unspecified atom stereocenters. The lowest BCUT2D eigenvalue weighted by Crippen LogP contribution is -2.30. The number of carboxylic acid groups (broad SMARTS) is 1. The van der Waals surface area contributed by atoms with Crippen LogP contribution in [0.3, 0.4) is 0 Å². The summed E-state index contributed by atoms with van der Waals surface area (Å²) in [7, 11) is 1.56. The first kappa shape index (κ1) is 20.7. The molecule has 0 aromatic heterocycles. The third-order valence-electron chi connectivity index (χ3n) is 5.14. The summed E-state index contributed by atoms with van der Waals surface area (Å²) in [4.78, 5) is 26.7. The van der Waals surface area contributed by atoms with Gasteiger partial charge in [0.15, 0.2) is 0 Å². The minimum Gasteiger partial charge on any atom is -0.497 e. The minimum absolute atomic E-state index is 0.170. The van der Waals surface area contributed by atoms with E-state index in [2.05, 4.69) is 0 Å². The topological polar surface area (TPSA) is 76.1 Å². The predicted molar refractivity (Wildman–Crippen MR) is 110 cm³/mol. The van der Waals surface area contributed by atoms with Crippen molar-refractivity contribution < 1.29 is 24.2 Å². The number of benzene rings is 2. The van der Waals surface area contributed by atoms with E-state index in [1.54, 1.807) is 30.2 Å². The number of amides is 1. The van der Waals surface area contributed by atoms with Crippen LogP contribution in [0, 0.1) is 11.8 Å². The highest BCUT2D eigenvalue weighted by molar-refractivity contribution is 5.97. The molecule has 0 saturated carbocycles. The zero-order valence-electron chi connectivity index (χ0n) is 17.0. The second-order valence-corrected chi connectivity index (χ2v) is 7.74. The fourth-order valence-electron chi connectivity index (χ4n) is 3.61. The van der Waals surface area contributed by atoms with Gasteiger partial charge in [0.2, 0.25) is 0 Å². The molecule has 0 aliphatic carbocycles. The summed E-state index contributed by atoms with van der Waals surface area (Å²) in [6.45, 7) is 5.06. The highest BCUT2D eigenvalue weighted by atomic mass is 16.5. The summed E-state index contributed by atoms with van der Waals surface area (Å²) >= 11 is 0. The number of hydrogen-bond acceptors (Lipinski definition) is 4. The Morgan fingerprint density at radius 2 is 1.86 bits per heavy atom. The second-order valence-electron chi connectivity index (χ2n) is 7.74. The molecule has 1 N–H and O–H groups in total. The molecule has 2 atom stereocenters. The maximum atomic E-state index is 13.3. The zero-order valence-corrected chi connectivity index (χ0v) is 17.0. The zero-order chi connectivity index (χ0) is 21.0. The molecule has 2 aromatic rings. The number of likely N-dealkylation sites (tertiary alicyclic amines) is 1. The van der Waals surface area contributed by atoms with Crippen molar-refractivity contribution in [3.05, 3.63) is 59.7 Å². The van der Waals surface area contributed by atoms with Gasteiger partial charge in [-0.25, -0.2) is 0 Å². The molecule has 29 heavy (non-hydrogen) atoms. The van der Waals surface area contributed by atoms with Crippen LogP contribution in [-0.4, -0.2) is 48.7 Å². The number of carbonyl (C=O) groups is 2. The molecule has 1 fully saturated rings. The average molecular weight is 397 g/mol. The Morgan fingerprint density at radius 3 is 2.48 bits per heavy atom. The molecule has 0 bridgehead atoms. The fourth-order valence-corrected chi connectivity index (χ4v) is 3.61. The Morgan fingerprint density at radius 1 is 1.14 bits per heavy atom. The van der Waals surface area contributed by atoms with E-state index in [0.717, 1.165) is 5.56 Å². The Bertz CT molecular complexity index is 865. The number of carboxylic acids is 1. The molecule has 1 saturated heterocycles. The van der Waals surface area contributed by atoms with Crippen molar-refractivity contribution in [2.45, 2.75) is 19.8 Å². The van der Waals surface area contributed by atoms with Crippen LogP contribution in [0.4, 0.5) is 0 Å². The lowest BCUT2D eigenvalue weighted by atomic mass is 9.89. The first-order chi connectivity index (χ1) is 13.9. The van der Waals surface area contributed by atoms with Gasteiger partial charge < -0.3 is 19.5 Å². The predicted octanol–water partition coefficient (Wildman–Crippen LogP) is 3.67. The molecule has 0 radical (unpaired) electrons. The molecular formula is C23H27NO5. The molecule has 1 aliphatic heterocycles. The molecule has 154 valence electrons. The van der Waals surface area contributed by atoms with Crippen LogP contribution in [0.5, 0.6) is 11.5 Å². The van der Waals surface area contributed by atoms with Crippen molar-refractivity contribution in [3.63, 3.8) is 0 Å². The summed E-state index contributed by atoms with van der Waals surface area (Å²) in [5.74, 6) is -0.632. The third-order valence-corrected chi connectivity index (χ3v) is 5.14. The molecule has 6 heteroatoms. The van der Waals surface area contributed by atoms with Crippen LogP contribution in [0.1, 0.15) is 35.7 Å². The van der Waals surface area contributed by atoms with E-state index in [0.29, 0.717) is 36.1 Å². The molecule has 1 aliphatic rings. The van der Waals surface area contributed by atoms with Crippen molar-refractivity contribution >= 4 is 11.9 Å². The number of nitrogens with zero attached hydrogens (tertiary/aromatic N) is 1. The van der Waals surface area contributed by atoms with Crippen molar-refractivity contribution in [2.75, 3.05) is 26.8 Å². The van der Waals surface area contributed by atoms with E-state index in [-0.39, 0.29) is 18.4 Å². The largest absolute Gasteiger partial charge is 0.497 e. The molecule has 3 rings (SSSR count). The highest BCUT2D eigenvalue weighted by Gasteiger charge is 2.41. The van der Waals surface area contributed by atoms with E-state index in [9.17, 15) is 14.7 Å². The van der Waals surface area contributed by atoms with Gasteiger partial charge in [0.25, 0.3) is 5.91 Å². The first-order valence-corrected chi connectivity index (χ1v) is 9.78. The van der Waals surface area contributed by atoms with E-state index in [4.69, 9.17) is 9.47 Å². The van der Waals surface area contributed by atoms with Gasteiger partial charge in [-0.05, 0) is 23.6 Å². The molecular weight excluding hydrogens is 370 g/mol. The fraction of sp³-hybridized carbons (Fsp3) is 0.391.